The van der Waals surface area contributed by atoms with Gasteiger partial charge in [0.15, 0.2) is 11.6 Å². The second-order valence-electron chi connectivity index (χ2n) is 11.3. The fourth-order valence-electron chi connectivity index (χ4n) is 6.97. The molecule has 0 aliphatic heterocycles. The average molecular weight is 487 g/mol. The average Bonchev–Trinajstić information content (AvgIpc) is 3.60. The monoisotopic (exact) mass is 486 g/mol. The maximum absolute atomic E-state index is 14.8. The number of halogens is 1. The third kappa shape index (κ3) is 5.14. The molecule has 192 valence electrons. The van der Waals surface area contributed by atoms with Crippen LogP contribution in [-0.4, -0.2) is 37.1 Å². The fraction of sp³-hybridized carbons (Fsp3) is 0.714. The van der Waals surface area contributed by atoms with Gasteiger partial charge in [0.05, 0.1) is 24.7 Å². The number of fused-ring (bicyclic) bond motifs is 2. The summed E-state index contributed by atoms with van der Waals surface area (Å²) >= 11 is 0. The van der Waals surface area contributed by atoms with E-state index in [2.05, 4.69) is 17.6 Å². The van der Waals surface area contributed by atoms with Gasteiger partial charge in [0.25, 0.3) is 5.91 Å². The number of rotatable bonds is 7. The van der Waals surface area contributed by atoms with Crippen molar-refractivity contribution in [2.75, 3.05) is 7.11 Å². The Morgan fingerprint density at radius 1 is 0.914 bits per heavy atom. The molecule has 35 heavy (non-hydrogen) atoms. The number of amides is 2. The van der Waals surface area contributed by atoms with Gasteiger partial charge in [0.2, 0.25) is 5.91 Å². The molecule has 0 radical (unpaired) electrons. The van der Waals surface area contributed by atoms with Gasteiger partial charge in [0.1, 0.15) is 5.75 Å². The van der Waals surface area contributed by atoms with Crippen LogP contribution in [-0.2, 0) is 4.79 Å². The van der Waals surface area contributed by atoms with Crippen molar-refractivity contribution in [1.29, 1.82) is 0 Å². The van der Waals surface area contributed by atoms with E-state index < -0.39 is 5.82 Å². The third-order valence-corrected chi connectivity index (χ3v) is 8.97. The minimum Gasteiger partial charge on any atom is -0.496 e. The van der Waals surface area contributed by atoms with Crippen LogP contribution >= 0.6 is 0 Å². The van der Waals surface area contributed by atoms with E-state index in [0.717, 1.165) is 70.6 Å². The number of carbonyl (C=O) groups excluding carboxylic acids is 2. The zero-order chi connectivity index (χ0) is 24.5. The number of ether oxygens (including phenoxy) is 2. The molecule has 7 heteroatoms. The van der Waals surface area contributed by atoms with Crippen LogP contribution in [0.25, 0.3) is 0 Å². The highest BCUT2D eigenvalue weighted by atomic mass is 19.1. The van der Waals surface area contributed by atoms with Crippen LogP contribution in [0, 0.1) is 29.5 Å². The molecule has 6 nitrogen and oxygen atoms in total. The molecule has 2 bridgehead atoms. The van der Waals surface area contributed by atoms with Gasteiger partial charge in [-0.1, -0.05) is 19.8 Å². The van der Waals surface area contributed by atoms with Gasteiger partial charge in [-0.15, -0.1) is 0 Å². The Morgan fingerprint density at radius 2 is 1.63 bits per heavy atom. The van der Waals surface area contributed by atoms with Crippen molar-refractivity contribution in [3.8, 4) is 11.5 Å². The lowest BCUT2D eigenvalue weighted by molar-refractivity contribution is -0.128. The lowest BCUT2D eigenvalue weighted by Gasteiger charge is -2.32. The number of hydrogen-bond donors (Lipinski definition) is 2. The Morgan fingerprint density at radius 3 is 2.34 bits per heavy atom. The number of methoxy groups -OCH3 is 1. The predicted molar refractivity (Wildman–Crippen MR) is 131 cm³/mol. The van der Waals surface area contributed by atoms with Crippen LogP contribution in [0.5, 0.6) is 11.5 Å². The second kappa shape index (κ2) is 10.4. The minimum absolute atomic E-state index is 0.0424. The quantitative estimate of drug-likeness (QED) is 0.569. The molecule has 4 aliphatic carbocycles. The summed E-state index contributed by atoms with van der Waals surface area (Å²) < 4.78 is 26.2. The van der Waals surface area contributed by atoms with Crippen molar-refractivity contribution in [2.45, 2.75) is 95.7 Å². The van der Waals surface area contributed by atoms with Crippen LogP contribution in [0.15, 0.2) is 12.1 Å². The van der Waals surface area contributed by atoms with Crippen LogP contribution in [0.4, 0.5) is 4.39 Å². The molecular weight excluding hydrogens is 447 g/mol. The van der Waals surface area contributed by atoms with Crippen molar-refractivity contribution < 1.29 is 23.5 Å². The molecule has 0 unspecified atom stereocenters. The summed E-state index contributed by atoms with van der Waals surface area (Å²) in [5, 5.41) is 6.41. The van der Waals surface area contributed by atoms with Gasteiger partial charge < -0.3 is 20.1 Å². The molecule has 5 rings (SSSR count). The minimum atomic E-state index is -0.522. The highest BCUT2D eigenvalue weighted by molar-refractivity contribution is 5.98. The van der Waals surface area contributed by atoms with E-state index in [-0.39, 0.29) is 53.0 Å². The van der Waals surface area contributed by atoms with E-state index in [1.54, 1.807) is 0 Å². The number of nitrogens with one attached hydrogen (secondary N) is 2. The normalized spacial score (nSPS) is 32.4. The molecular formula is C28H39FN2O4. The first-order valence-corrected chi connectivity index (χ1v) is 13.6. The Bertz CT molecular complexity index is 939. The van der Waals surface area contributed by atoms with Crippen molar-refractivity contribution in [1.82, 2.24) is 10.6 Å². The largest absolute Gasteiger partial charge is 0.496 e. The molecule has 0 heterocycles. The molecule has 2 amide bonds. The molecule has 2 N–H and O–H groups in total. The van der Waals surface area contributed by atoms with Crippen LogP contribution in [0.3, 0.4) is 0 Å². The summed E-state index contributed by atoms with van der Waals surface area (Å²) in [6.45, 7) is 2.23. The van der Waals surface area contributed by atoms with Gasteiger partial charge in [0, 0.05) is 18.2 Å². The van der Waals surface area contributed by atoms with E-state index in [0.29, 0.717) is 17.8 Å². The zero-order valence-corrected chi connectivity index (χ0v) is 21.0. The topological polar surface area (TPSA) is 76.7 Å². The predicted octanol–water partition coefficient (Wildman–Crippen LogP) is 5.00. The standard InChI is InChI=1S/C28H39FN2O4/c1-16-7-11-20(12-8-16)35-24-14-21(23(34-2)15-22(24)29)27(32)31-26-18-10-9-17(13-18)25(26)28(33)30-19-5-3-4-6-19/h14-20,25-26H,3-13H2,1-2H3,(H,30,33)(H,31,32)/t16?,17-,18+,20?,25+,26-/m1/s1. The number of hydrogen-bond acceptors (Lipinski definition) is 4. The Balaban J connectivity index is 1.31. The third-order valence-electron chi connectivity index (χ3n) is 8.97. The van der Waals surface area contributed by atoms with Crippen LogP contribution in [0.2, 0.25) is 0 Å². The molecule has 4 fully saturated rings. The molecule has 0 spiro atoms. The summed E-state index contributed by atoms with van der Waals surface area (Å²) in [4.78, 5) is 26.7. The highest BCUT2D eigenvalue weighted by Crippen LogP contribution is 2.49. The molecule has 4 atom stereocenters. The van der Waals surface area contributed by atoms with E-state index in [9.17, 15) is 14.0 Å². The van der Waals surface area contributed by atoms with Crippen molar-refractivity contribution >= 4 is 11.8 Å². The van der Waals surface area contributed by atoms with E-state index >= 15 is 0 Å². The SMILES string of the molecule is COc1cc(F)c(OC2CCC(C)CC2)cc1C(=O)N[C@@H]1[C@H]2CC[C@H](C2)[C@@H]1C(=O)NC1CCCC1. The summed E-state index contributed by atoms with van der Waals surface area (Å²) in [5.41, 5.74) is 0.255. The fourth-order valence-corrected chi connectivity index (χ4v) is 6.97. The smallest absolute Gasteiger partial charge is 0.255 e. The summed E-state index contributed by atoms with van der Waals surface area (Å²) in [7, 11) is 1.43. The van der Waals surface area contributed by atoms with Crippen molar-refractivity contribution in [3.63, 3.8) is 0 Å². The van der Waals surface area contributed by atoms with Gasteiger partial charge in [-0.05, 0) is 81.6 Å². The van der Waals surface area contributed by atoms with Crippen LogP contribution < -0.4 is 20.1 Å². The van der Waals surface area contributed by atoms with E-state index in [4.69, 9.17) is 9.47 Å². The lowest BCUT2D eigenvalue weighted by Crippen LogP contribution is -2.51. The van der Waals surface area contributed by atoms with Crippen molar-refractivity contribution in [3.05, 3.63) is 23.5 Å². The molecule has 1 aromatic rings. The van der Waals surface area contributed by atoms with E-state index in [1.807, 2.05) is 0 Å². The first-order valence-electron chi connectivity index (χ1n) is 13.6. The maximum atomic E-state index is 14.8. The molecule has 0 saturated heterocycles. The molecule has 0 aromatic heterocycles. The number of carbonyl (C=O) groups is 2. The summed E-state index contributed by atoms with van der Waals surface area (Å²) in [6, 6.07) is 2.77. The van der Waals surface area contributed by atoms with Crippen molar-refractivity contribution in [2.24, 2.45) is 23.7 Å². The first-order chi connectivity index (χ1) is 16.9. The number of benzene rings is 1. The summed E-state index contributed by atoms with van der Waals surface area (Å²) in [6.07, 6.45) is 11.3. The Hall–Kier alpha value is -2.31. The zero-order valence-electron chi connectivity index (χ0n) is 21.0. The Kier molecular flexibility index (Phi) is 7.21. The van der Waals surface area contributed by atoms with Gasteiger partial charge >= 0.3 is 0 Å². The van der Waals surface area contributed by atoms with E-state index in [1.165, 1.54) is 19.2 Å². The Labute approximate surface area is 207 Å². The molecule has 1 aromatic carbocycles. The lowest BCUT2D eigenvalue weighted by atomic mass is 9.83. The van der Waals surface area contributed by atoms with Gasteiger partial charge in [-0.3, -0.25) is 9.59 Å². The first kappa shape index (κ1) is 24.4. The maximum Gasteiger partial charge on any atom is 0.255 e. The van der Waals surface area contributed by atoms with Crippen LogP contribution in [0.1, 0.15) is 87.9 Å². The molecule has 4 aliphatic rings. The van der Waals surface area contributed by atoms with Gasteiger partial charge in [-0.25, -0.2) is 4.39 Å². The summed E-state index contributed by atoms with van der Waals surface area (Å²) in [5.74, 6) is 0.576. The van der Waals surface area contributed by atoms with Gasteiger partial charge in [-0.2, -0.15) is 0 Å². The highest BCUT2D eigenvalue weighted by Gasteiger charge is 2.51. The second-order valence-corrected chi connectivity index (χ2v) is 11.3. The molecule has 4 saturated carbocycles.